The molecule has 0 spiro atoms. The molecule has 0 saturated carbocycles. The lowest BCUT2D eigenvalue weighted by atomic mass is 9.86. The summed E-state index contributed by atoms with van der Waals surface area (Å²) in [6.07, 6.45) is 1.62. The van der Waals surface area contributed by atoms with Gasteiger partial charge >= 0.3 is 0 Å². The minimum Gasteiger partial charge on any atom is -0.478 e. The molecule has 1 N–H and O–H groups in total. The third-order valence-electron chi connectivity index (χ3n) is 3.45. The minimum atomic E-state index is -0.0528. The van der Waals surface area contributed by atoms with Crippen LogP contribution in [0.4, 0.5) is 5.69 Å². The second-order valence-electron chi connectivity index (χ2n) is 5.96. The monoisotopic (exact) mass is 257 g/mol. The summed E-state index contributed by atoms with van der Waals surface area (Å²) in [5.41, 5.74) is 2.52. The van der Waals surface area contributed by atoms with Crippen LogP contribution in [0.3, 0.4) is 0 Å². The Morgan fingerprint density at radius 2 is 2.05 bits per heavy atom. The highest BCUT2D eigenvalue weighted by molar-refractivity contribution is 5.60. The van der Waals surface area contributed by atoms with E-state index in [1.165, 1.54) is 5.56 Å². The number of benzene rings is 1. The SMILES string of the molecule is CC(C)(C)c1ccc2c(c1)NCC(c1ccco1)O2. The number of hydrogen-bond donors (Lipinski definition) is 1. The lowest BCUT2D eigenvalue weighted by molar-refractivity contribution is 0.181. The first-order valence-electron chi connectivity index (χ1n) is 6.62. The van der Waals surface area contributed by atoms with Crippen LogP contribution >= 0.6 is 0 Å². The molecule has 1 aliphatic heterocycles. The number of anilines is 1. The van der Waals surface area contributed by atoms with Gasteiger partial charge in [-0.15, -0.1) is 0 Å². The highest BCUT2D eigenvalue weighted by Gasteiger charge is 2.24. The second-order valence-corrected chi connectivity index (χ2v) is 5.96. The maximum Gasteiger partial charge on any atom is 0.173 e. The summed E-state index contributed by atoms with van der Waals surface area (Å²) >= 11 is 0. The third kappa shape index (κ3) is 2.33. The molecule has 2 heterocycles. The van der Waals surface area contributed by atoms with Crippen molar-refractivity contribution in [1.29, 1.82) is 0 Å². The van der Waals surface area contributed by atoms with Crippen molar-refractivity contribution < 1.29 is 9.15 Å². The molecule has 0 amide bonds. The largest absolute Gasteiger partial charge is 0.478 e. The van der Waals surface area contributed by atoms with Gasteiger partial charge < -0.3 is 14.5 Å². The van der Waals surface area contributed by atoms with Crippen LogP contribution in [0.15, 0.2) is 41.0 Å². The maximum absolute atomic E-state index is 5.99. The molecular formula is C16H19NO2. The predicted molar refractivity (Wildman–Crippen MR) is 75.7 cm³/mol. The van der Waals surface area contributed by atoms with E-state index in [1.54, 1.807) is 6.26 Å². The lowest BCUT2D eigenvalue weighted by Gasteiger charge is -2.28. The third-order valence-corrected chi connectivity index (χ3v) is 3.45. The fraction of sp³-hybridized carbons (Fsp3) is 0.375. The van der Waals surface area contributed by atoms with Crippen LogP contribution in [0.25, 0.3) is 0 Å². The number of nitrogens with one attached hydrogen (secondary N) is 1. The van der Waals surface area contributed by atoms with Gasteiger partial charge in [0, 0.05) is 0 Å². The van der Waals surface area contributed by atoms with Crippen LogP contribution in [0.1, 0.15) is 38.2 Å². The van der Waals surface area contributed by atoms with Crippen LogP contribution in [-0.2, 0) is 5.41 Å². The van der Waals surface area contributed by atoms with E-state index in [4.69, 9.17) is 9.15 Å². The Hall–Kier alpha value is -1.90. The number of furan rings is 1. The Kier molecular flexibility index (Phi) is 2.77. The van der Waals surface area contributed by atoms with E-state index < -0.39 is 0 Å². The molecule has 19 heavy (non-hydrogen) atoms. The van der Waals surface area contributed by atoms with E-state index in [9.17, 15) is 0 Å². The van der Waals surface area contributed by atoms with Gasteiger partial charge in [0.2, 0.25) is 0 Å². The molecule has 1 aromatic heterocycles. The van der Waals surface area contributed by atoms with E-state index in [2.05, 4.69) is 38.2 Å². The van der Waals surface area contributed by atoms with Crippen molar-refractivity contribution in [1.82, 2.24) is 0 Å². The normalized spacial score (nSPS) is 18.4. The van der Waals surface area contributed by atoms with E-state index in [0.717, 1.165) is 23.7 Å². The van der Waals surface area contributed by atoms with Crippen molar-refractivity contribution in [3.63, 3.8) is 0 Å². The molecule has 3 nitrogen and oxygen atoms in total. The molecule has 0 aliphatic carbocycles. The van der Waals surface area contributed by atoms with Crippen molar-refractivity contribution in [2.75, 3.05) is 11.9 Å². The Labute approximate surface area is 113 Å². The minimum absolute atomic E-state index is 0.0528. The molecule has 1 atom stereocenters. The van der Waals surface area contributed by atoms with Gasteiger partial charge in [0.1, 0.15) is 11.5 Å². The van der Waals surface area contributed by atoms with Crippen LogP contribution in [0.5, 0.6) is 5.75 Å². The molecule has 1 aliphatic rings. The van der Waals surface area contributed by atoms with Gasteiger partial charge in [-0.25, -0.2) is 0 Å². The first-order chi connectivity index (χ1) is 9.04. The smallest absolute Gasteiger partial charge is 0.173 e. The molecule has 0 radical (unpaired) electrons. The standard InChI is InChI=1S/C16H19NO2/c1-16(2,3)11-6-7-13-12(9-11)17-10-15(19-13)14-5-4-8-18-14/h4-9,15,17H,10H2,1-3H3. The summed E-state index contributed by atoms with van der Waals surface area (Å²) in [5.74, 6) is 1.75. The topological polar surface area (TPSA) is 34.4 Å². The second kappa shape index (κ2) is 4.34. The van der Waals surface area contributed by atoms with Gasteiger partial charge in [0.25, 0.3) is 0 Å². The highest BCUT2D eigenvalue weighted by atomic mass is 16.5. The van der Waals surface area contributed by atoms with Crippen LogP contribution in [-0.4, -0.2) is 6.54 Å². The Balaban J connectivity index is 1.87. The van der Waals surface area contributed by atoms with Crippen molar-refractivity contribution in [2.24, 2.45) is 0 Å². The zero-order valence-corrected chi connectivity index (χ0v) is 11.6. The summed E-state index contributed by atoms with van der Waals surface area (Å²) in [6.45, 7) is 7.37. The molecule has 3 heteroatoms. The van der Waals surface area contributed by atoms with Gasteiger partial charge in [0.15, 0.2) is 6.10 Å². The summed E-state index contributed by atoms with van der Waals surface area (Å²) in [4.78, 5) is 0. The molecule has 1 unspecified atom stereocenters. The van der Waals surface area contributed by atoms with Gasteiger partial charge in [-0.2, -0.15) is 0 Å². The molecule has 0 saturated heterocycles. The molecule has 1 aromatic carbocycles. The molecule has 0 fully saturated rings. The maximum atomic E-state index is 5.99. The fourth-order valence-corrected chi connectivity index (χ4v) is 2.27. The predicted octanol–water partition coefficient (Wildman–Crippen LogP) is 4.12. The number of fused-ring (bicyclic) bond motifs is 1. The summed E-state index contributed by atoms with van der Waals surface area (Å²) < 4.78 is 11.4. The van der Waals surface area contributed by atoms with Crippen LogP contribution < -0.4 is 10.1 Å². The van der Waals surface area contributed by atoms with Crippen molar-refractivity contribution in [3.05, 3.63) is 47.9 Å². The van der Waals surface area contributed by atoms with E-state index in [1.807, 2.05) is 18.2 Å². The Bertz CT molecular complexity index is 567. The molecule has 2 aromatic rings. The Morgan fingerprint density at radius 1 is 1.21 bits per heavy atom. The number of rotatable bonds is 1. The first kappa shape index (κ1) is 12.2. The van der Waals surface area contributed by atoms with Gasteiger partial charge in [-0.3, -0.25) is 0 Å². The van der Waals surface area contributed by atoms with Crippen molar-refractivity contribution in [2.45, 2.75) is 32.3 Å². The fourth-order valence-electron chi connectivity index (χ4n) is 2.27. The van der Waals surface area contributed by atoms with Crippen LogP contribution in [0, 0.1) is 0 Å². The molecular weight excluding hydrogens is 238 g/mol. The summed E-state index contributed by atoms with van der Waals surface area (Å²) in [7, 11) is 0. The summed E-state index contributed by atoms with van der Waals surface area (Å²) in [5, 5.41) is 3.43. The summed E-state index contributed by atoms with van der Waals surface area (Å²) in [6, 6.07) is 10.2. The average Bonchev–Trinajstić information content (AvgIpc) is 2.90. The molecule has 3 rings (SSSR count). The lowest BCUT2D eigenvalue weighted by Crippen LogP contribution is -2.24. The van der Waals surface area contributed by atoms with Crippen molar-refractivity contribution in [3.8, 4) is 5.75 Å². The molecule has 100 valence electrons. The van der Waals surface area contributed by atoms with Crippen LogP contribution in [0.2, 0.25) is 0 Å². The molecule has 0 bridgehead atoms. The van der Waals surface area contributed by atoms with E-state index in [0.29, 0.717) is 0 Å². The average molecular weight is 257 g/mol. The first-order valence-corrected chi connectivity index (χ1v) is 6.62. The quantitative estimate of drug-likeness (QED) is 0.834. The highest BCUT2D eigenvalue weighted by Crippen LogP contribution is 2.37. The number of ether oxygens (including phenoxy) is 1. The van der Waals surface area contributed by atoms with E-state index >= 15 is 0 Å². The number of hydrogen-bond acceptors (Lipinski definition) is 3. The van der Waals surface area contributed by atoms with E-state index in [-0.39, 0.29) is 11.5 Å². The van der Waals surface area contributed by atoms with Gasteiger partial charge in [0.05, 0.1) is 18.5 Å². The zero-order valence-electron chi connectivity index (χ0n) is 11.6. The zero-order chi connectivity index (χ0) is 13.5. The Morgan fingerprint density at radius 3 is 2.74 bits per heavy atom. The van der Waals surface area contributed by atoms with Gasteiger partial charge in [-0.05, 0) is 35.2 Å². The van der Waals surface area contributed by atoms with Gasteiger partial charge in [-0.1, -0.05) is 26.8 Å². The van der Waals surface area contributed by atoms with Crippen molar-refractivity contribution >= 4 is 5.69 Å².